The van der Waals surface area contributed by atoms with E-state index in [0.717, 1.165) is 0 Å². The molecule has 0 fully saturated rings. The Hall–Kier alpha value is -3.03. The molecule has 0 spiro atoms. The van der Waals surface area contributed by atoms with Gasteiger partial charge in [0.2, 0.25) is 5.91 Å². The van der Waals surface area contributed by atoms with Crippen LogP contribution in [0, 0.1) is 0 Å². The van der Waals surface area contributed by atoms with E-state index in [2.05, 4.69) is 25.3 Å². The van der Waals surface area contributed by atoms with Crippen molar-refractivity contribution in [3.8, 4) is 0 Å². The number of methoxy groups -OCH3 is 1. The van der Waals surface area contributed by atoms with Crippen LogP contribution in [0.2, 0.25) is 0 Å². The first-order valence-corrected chi connectivity index (χ1v) is 7.33. The molecule has 8 heteroatoms. The standard InChI is InChI=1S/C16H18N4O4/c1-9(14(21)19-10(2)16(23)24-3)18-15(22)13-8-17-11-6-4-5-7-12(11)20-13/h4-10H,1-3H3,(H,18,22)(H,19,21)/t9-,10-/m0/s1. The fraction of sp³-hybridized carbons (Fsp3) is 0.312. The van der Waals surface area contributed by atoms with E-state index in [9.17, 15) is 14.4 Å². The molecule has 2 amide bonds. The van der Waals surface area contributed by atoms with Crippen molar-refractivity contribution in [2.45, 2.75) is 25.9 Å². The van der Waals surface area contributed by atoms with Crippen LogP contribution in [-0.4, -0.2) is 46.9 Å². The van der Waals surface area contributed by atoms with Gasteiger partial charge >= 0.3 is 5.97 Å². The van der Waals surface area contributed by atoms with Crippen molar-refractivity contribution in [2.75, 3.05) is 7.11 Å². The van der Waals surface area contributed by atoms with Crippen molar-refractivity contribution in [3.63, 3.8) is 0 Å². The number of rotatable bonds is 5. The monoisotopic (exact) mass is 330 g/mol. The summed E-state index contributed by atoms with van der Waals surface area (Å²) in [6, 6.07) is 5.50. The first-order chi connectivity index (χ1) is 11.4. The fourth-order valence-electron chi connectivity index (χ4n) is 1.98. The van der Waals surface area contributed by atoms with E-state index in [-0.39, 0.29) is 5.69 Å². The van der Waals surface area contributed by atoms with Gasteiger partial charge in [0.25, 0.3) is 5.91 Å². The fourth-order valence-corrected chi connectivity index (χ4v) is 1.98. The zero-order valence-electron chi connectivity index (χ0n) is 13.6. The van der Waals surface area contributed by atoms with Crippen LogP contribution in [-0.2, 0) is 14.3 Å². The molecule has 8 nitrogen and oxygen atoms in total. The maximum atomic E-state index is 12.2. The number of fused-ring (bicyclic) bond motifs is 1. The van der Waals surface area contributed by atoms with Gasteiger partial charge in [-0.2, -0.15) is 0 Å². The lowest BCUT2D eigenvalue weighted by Crippen LogP contribution is -2.49. The number of carbonyl (C=O) groups is 3. The minimum Gasteiger partial charge on any atom is -0.467 e. The van der Waals surface area contributed by atoms with Crippen LogP contribution in [0.15, 0.2) is 30.5 Å². The highest BCUT2D eigenvalue weighted by molar-refractivity contribution is 5.97. The molecule has 2 N–H and O–H groups in total. The zero-order chi connectivity index (χ0) is 17.7. The van der Waals surface area contributed by atoms with Gasteiger partial charge in [0.05, 0.1) is 24.3 Å². The molecule has 0 aliphatic rings. The lowest BCUT2D eigenvalue weighted by molar-refractivity contribution is -0.144. The first kappa shape index (κ1) is 17.3. The van der Waals surface area contributed by atoms with Crippen LogP contribution in [0.25, 0.3) is 11.0 Å². The van der Waals surface area contributed by atoms with Gasteiger partial charge in [0.15, 0.2) is 0 Å². The Labute approximate surface area is 138 Å². The number of benzene rings is 1. The second-order valence-electron chi connectivity index (χ2n) is 5.19. The van der Waals surface area contributed by atoms with E-state index < -0.39 is 29.9 Å². The molecule has 126 valence electrons. The Morgan fingerprint density at radius 3 is 2.38 bits per heavy atom. The molecule has 0 saturated heterocycles. The van der Waals surface area contributed by atoms with E-state index in [1.807, 2.05) is 6.07 Å². The summed E-state index contributed by atoms with van der Waals surface area (Å²) in [5.41, 5.74) is 1.36. The summed E-state index contributed by atoms with van der Waals surface area (Å²) in [5.74, 6) is -1.60. The Balaban J connectivity index is 2.01. The van der Waals surface area contributed by atoms with E-state index in [4.69, 9.17) is 0 Å². The molecule has 24 heavy (non-hydrogen) atoms. The number of nitrogens with zero attached hydrogens (tertiary/aromatic N) is 2. The third-order valence-corrected chi connectivity index (χ3v) is 3.34. The topological polar surface area (TPSA) is 110 Å². The largest absolute Gasteiger partial charge is 0.467 e. The minimum absolute atomic E-state index is 0.106. The third kappa shape index (κ3) is 4.03. The number of nitrogens with one attached hydrogen (secondary N) is 2. The molecule has 1 heterocycles. The van der Waals surface area contributed by atoms with Gasteiger partial charge in [0, 0.05) is 0 Å². The third-order valence-electron chi connectivity index (χ3n) is 3.34. The van der Waals surface area contributed by atoms with Gasteiger partial charge in [-0.15, -0.1) is 0 Å². The molecule has 0 bridgehead atoms. The summed E-state index contributed by atoms with van der Waals surface area (Å²) < 4.78 is 4.52. The van der Waals surface area contributed by atoms with Gasteiger partial charge in [-0.25, -0.2) is 9.78 Å². The lowest BCUT2D eigenvalue weighted by Gasteiger charge is -2.17. The van der Waals surface area contributed by atoms with Crippen LogP contribution in [0.1, 0.15) is 24.3 Å². The molecule has 0 aliphatic heterocycles. The van der Waals surface area contributed by atoms with Crippen molar-refractivity contribution in [3.05, 3.63) is 36.2 Å². The Bertz CT molecular complexity index is 778. The lowest BCUT2D eigenvalue weighted by atomic mass is 10.2. The highest BCUT2D eigenvalue weighted by Crippen LogP contribution is 2.08. The smallest absolute Gasteiger partial charge is 0.328 e. The van der Waals surface area contributed by atoms with Crippen LogP contribution in [0.5, 0.6) is 0 Å². The molecular formula is C16H18N4O4. The van der Waals surface area contributed by atoms with Gasteiger partial charge < -0.3 is 15.4 Å². The summed E-state index contributed by atoms with van der Waals surface area (Å²) in [6.45, 7) is 3.00. The summed E-state index contributed by atoms with van der Waals surface area (Å²) in [7, 11) is 1.23. The van der Waals surface area contributed by atoms with Crippen molar-refractivity contribution in [2.24, 2.45) is 0 Å². The maximum absolute atomic E-state index is 12.2. The zero-order valence-corrected chi connectivity index (χ0v) is 13.6. The summed E-state index contributed by atoms with van der Waals surface area (Å²) >= 11 is 0. The molecular weight excluding hydrogens is 312 g/mol. The molecule has 0 saturated carbocycles. The molecule has 0 unspecified atom stereocenters. The van der Waals surface area contributed by atoms with E-state index in [1.54, 1.807) is 18.2 Å². The van der Waals surface area contributed by atoms with Crippen LogP contribution < -0.4 is 10.6 Å². The number of ether oxygens (including phenoxy) is 1. The second kappa shape index (κ2) is 7.49. The quantitative estimate of drug-likeness (QED) is 0.769. The molecule has 2 rings (SSSR count). The van der Waals surface area contributed by atoms with E-state index in [1.165, 1.54) is 27.2 Å². The first-order valence-electron chi connectivity index (χ1n) is 7.33. The summed E-state index contributed by atoms with van der Waals surface area (Å²) in [4.78, 5) is 43.8. The highest BCUT2D eigenvalue weighted by atomic mass is 16.5. The van der Waals surface area contributed by atoms with Crippen molar-refractivity contribution < 1.29 is 19.1 Å². The summed E-state index contributed by atoms with van der Waals surface area (Å²) in [6.07, 6.45) is 1.35. The number of hydrogen-bond acceptors (Lipinski definition) is 6. The number of hydrogen-bond donors (Lipinski definition) is 2. The van der Waals surface area contributed by atoms with Crippen LogP contribution in [0.3, 0.4) is 0 Å². The van der Waals surface area contributed by atoms with Crippen LogP contribution >= 0.6 is 0 Å². The average Bonchev–Trinajstić information content (AvgIpc) is 2.60. The molecule has 2 aromatic rings. The van der Waals surface area contributed by atoms with Crippen molar-refractivity contribution in [1.29, 1.82) is 0 Å². The molecule has 2 atom stereocenters. The predicted molar refractivity (Wildman–Crippen MR) is 86.1 cm³/mol. The minimum atomic E-state index is -0.849. The van der Waals surface area contributed by atoms with Crippen LogP contribution in [0.4, 0.5) is 0 Å². The SMILES string of the molecule is COC(=O)[C@H](C)NC(=O)[C@H](C)NC(=O)c1cnc2ccccc2n1. The van der Waals surface area contributed by atoms with Gasteiger partial charge in [-0.3, -0.25) is 14.6 Å². The Kier molecular flexibility index (Phi) is 5.41. The second-order valence-corrected chi connectivity index (χ2v) is 5.19. The molecule has 0 radical (unpaired) electrons. The van der Waals surface area contributed by atoms with Crippen molar-refractivity contribution in [1.82, 2.24) is 20.6 Å². The predicted octanol–water partition coefficient (Wildman–Crippen LogP) is 0.426. The highest BCUT2D eigenvalue weighted by Gasteiger charge is 2.22. The number of esters is 1. The number of amides is 2. The molecule has 0 aliphatic carbocycles. The van der Waals surface area contributed by atoms with Gasteiger partial charge in [-0.05, 0) is 26.0 Å². The van der Waals surface area contributed by atoms with E-state index in [0.29, 0.717) is 11.0 Å². The van der Waals surface area contributed by atoms with E-state index >= 15 is 0 Å². The van der Waals surface area contributed by atoms with Crippen molar-refractivity contribution >= 4 is 28.8 Å². The number of aromatic nitrogens is 2. The summed E-state index contributed by atoms with van der Waals surface area (Å²) in [5, 5.41) is 4.97. The maximum Gasteiger partial charge on any atom is 0.328 e. The number of para-hydroxylation sites is 2. The molecule has 1 aromatic carbocycles. The van der Waals surface area contributed by atoms with Gasteiger partial charge in [0.1, 0.15) is 17.8 Å². The van der Waals surface area contributed by atoms with Gasteiger partial charge in [-0.1, -0.05) is 12.1 Å². The Morgan fingerprint density at radius 1 is 1.04 bits per heavy atom. The average molecular weight is 330 g/mol. The normalized spacial score (nSPS) is 13.0. The Morgan fingerprint density at radius 2 is 1.71 bits per heavy atom. The molecule has 1 aromatic heterocycles. The number of carbonyl (C=O) groups excluding carboxylic acids is 3.